The minimum Gasteiger partial charge on any atom is -0.508 e. The number of ether oxygens (including phenoxy) is 11. The van der Waals surface area contributed by atoms with Gasteiger partial charge in [0.2, 0.25) is 6.10 Å². The van der Waals surface area contributed by atoms with Crippen molar-refractivity contribution < 1.29 is 111 Å². The Bertz CT molecular complexity index is 4520. The molecule has 3 saturated heterocycles. The summed E-state index contributed by atoms with van der Waals surface area (Å²) in [5.74, 6) is 10.9. The maximum atomic E-state index is 12.5. The smallest absolute Gasteiger partial charge is 0.347 e. The molecule has 3 N–H and O–H groups in total. The summed E-state index contributed by atoms with van der Waals surface area (Å²) in [7, 11) is 0. The van der Waals surface area contributed by atoms with E-state index in [1.165, 1.54) is 107 Å². The number of aliphatic hydroxyl groups is 2. The van der Waals surface area contributed by atoms with E-state index in [1.807, 2.05) is 109 Å². The lowest BCUT2D eigenvalue weighted by atomic mass is 9.50. The summed E-state index contributed by atoms with van der Waals surface area (Å²) in [6.07, 6.45) is 43.1. The van der Waals surface area contributed by atoms with Crippen LogP contribution in [0.1, 0.15) is 459 Å². The molecule has 0 aromatic heterocycles. The molecule has 3 heterocycles. The molecule has 0 amide bonds. The van der Waals surface area contributed by atoms with Crippen molar-refractivity contribution in [3.05, 3.63) is 59.7 Å². The quantitative estimate of drug-likeness (QED) is 0.0526. The molecule has 18 aliphatic carbocycles. The van der Waals surface area contributed by atoms with Gasteiger partial charge in [-0.25, -0.2) is 4.79 Å². The molecule has 147 heavy (non-hydrogen) atoms. The Balaban J connectivity index is 0.000000148. The van der Waals surface area contributed by atoms with Gasteiger partial charge in [0.15, 0.2) is 6.29 Å². The zero-order valence-electron chi connectivity index (χ0n) is 95.2. The van der Waals surface area contributed by atoms with Gasteiger partial charge < -0.3 is 67.4 Å². The molecule has 2 aromatic rings. The number of esters is 9. The minimum absolute atomic E-state index is 0.00347. The fourth-order valence-electron chi connectivity index (χ4n) is 28.5. The van der Waals surface area contributed by atoms with Gasteiger partial charge in [-0.3, -0.25) is 38.4 Å². The lowest BCUT2D eigenvalue weighted by molar-refractivity contribution is -0.223. The van der Waals surface area contributed by atoms with Crippen molar-refractivity contribution in [2.75, 3.05) is 13.2 Å². The van der Waals surface area contributed by atoms with Crippen LogP contribution in [0.4, 0.5) is 0 Å². The standard InChI is InChI=1S/C17H28O2.C16H26O2.2C15H24O3.C15H22O2.C14H20O4.C12H22O2.C10H16O4.C10H14O/c1-5-16(2,3)15(18)19-17(4)13-7-11-6-12(9-13)10-14(17)8-11;1-4-16(2,3)15(17)18-14-9-10-8-13(14)12-7-5-6-11(10)12;2*1-3-10(2)13(16)18-15-7-11-4-12(8-15)6-14(17,5-11)9-15;1-3-12(2)13-7-9-14(10-8-13)17-15-6-4-5-11-16-15;1-4-14(2,3)13(16)18-10-7-5-8-9(6-7)12(15)17-11(8)10;1-4-10(3)11(13)14-12(5-2)8-6-7-9-12;1-4-10(2,3)9(12)14-7-5-6-13-8(7)11;1-3-8(2)9-4-6-10(11)7-5-9/h11-14H,5-10H2,1-4H3;10-14H,4-9H2,1-3H3;2*10-12,17H,3-9H2,1-2H3;7-10,12,15H,3-6,11H2,1-2H3;7-11H,4-6H2,1-3H3;10H,4-9H2,1-3H3;7H,4-6H2,1-3H3;4-8,11H,3H2,1-2H3. The Morgan fingerprint density at radius 1 is 0.422 bits per heavy atom. The van der Waals surface area contributed by atoms with Crippen LogP contribution in [0.15, 0.2) is 48.5 Å². The van der Waals surface area contributed by atoms with Gasteiger partial charge in [-0.2, -0.15) is 0 Å². The summed E-state index contributed by atoms with van der Waals surface area (Å²) in [6.45, 7) is 49.6. The highest BCUT2D eigenvalue weighted by Gasteiger charge is 2.66. The molecular formula is C124H196O23. The number of hydrogen-bond donors (Lipinski definition) is 3. The van der Waals surface area contributed by atoms with Crippen LogP contribution in [0.3, 0.4) is 0 Å². The van der Waals surface area contributed by atoms with Crippen molar-refractivity contribution in [2.45, 2.75) is 512 Å². The van der Waals surface area contributed by atoms with E-state index >= 15 is 0 Å². The van der Waals surface area contributed by atoms with Gasteiger partial charge in [0, 0.05) is 37.5 Å². The van der Waals surface area contributed by atoms with Crippen molar-refractivity contribution in [1.29, 1.82) is 0 Å². The van der Waals surface area contributed by atoms with Gasteiger partial charge >= 0.3 is 53.7 Å². The molecule has 0 radical (unpaired) electrons. The van der Waals surface area contributed by atoms with E-state index in [1.54, 1.807) is 26.0 Å². The second-order valence-corrected chi connectivity index (χ2v) is 52.4. The first-order chi connectivity index (χ1) is 69.3. The highest BCUT2D eigenvalue weighted by Crippen LogP contribution is 2.65. The van der Waals surface area contributed by atoms with Crippen molar-refractivity contribution in [1.82, 2.24) is 0 Å². The molecule has 21 atom stereocenters. The fraction of sp³-hybridized carbons (Fsp3) is 0.831. The molecule has 21 aliphatic rings. The first kappa shape index (κ1) is 119. The van der Waals surface area contributed by atoms with Crippen LogP contribution in [0.5, 0.6) is 11.5 Å². The van der Waals surface area contributed by atoms with Gasteiger partial charge in [-0.15, -0.1) is 0 Å². The summed E-state index contributed by atoms with van der Waals surface area (Å²) >= 11 is 0. The first-order valence-electron chi connectivity index (χ1n) is 58.9. The molecular weight excluding hydrogens is 1860 g/mol. The Morgan fingerprint density at radius 2 is 0.864 bits per heavy atom. The average molecular weight is 2050 g/mol. The highest BCUT2D eigenvalue weighted by atomic mass is 16.7. The Morgan fingerprint density at radius 3 is 1.30 bits per heavy atom. The molecule has 830 valence electrons. The number of phenolic OH excluding ortho intramolecular Hbond substituents is 1. The number of cyclic esters (lactones) is 1. The summed E-state index contributed by atoms with van der Waals surface area (Å²) in [5, 5.41) is 30.2. The summed E-state index contributed by atoms with van der Waals surface area (Å²) in [4.78, 5) is 107. The molecule has 3 aliphatic heterocycles. The maximum Gasteiger partial charge on any atom is 0.347 e. The molecule has 16 bridgehead atoms. The van der Waals surface area contributed by atoms with Crippen LogP contribution < -0.4 is 4.74 Å². The van der Waals surface area contributed by atoms with E-state index in [-0.39, 0.29) is 129 Å². The normalized spacial score (nSPS) is 35.1. The van der Waals surface area contributed by atoms with Crippen LogP contribution in [-0.4, -0.2) is 147 Å². The summed E-state index contributed by atoms with van der Waals surface area (Å²) in [5.41, 5.74) is -0.980. The third kappa shape index (κ3) is 29.2. The van der Waals surface area contributed by atoms with Crippen LogP contribution in [-0.2, 0) is 90.5 Å². The van der Waals surface area contributed by atoms with E-state index in [2.05, 4.69) is 79.7 Å². The van der Waals surface area contributed by atoms with Gasteiger partial charge in [-0.05, 0) is 418 Å². The molecule has 23 nitrogen and oxygen atoms in total. The van der Waals surface area contributed by atoms with E-state index in [0.29, 0.717) is 103 Å². The third-order valence-corrected chi connectivity index (χ3v) is 39.9. The molecule has 23 heteroatoms. The number of hydrogen-bond acceptors (Lipinski definition) is 23. The van der Waals surface area contributed by atoms with E-state index < -0.39 is 34.1 Å². The number of carbonyl (C=O) groups excluding carboxylic acids is 9. The SMILES string of the molecule is CCC(C)(C)C(=O)OC1(C)C2CC3CC(C2)CC1C3.CCC(C)(C)C(=O)OC1C2CC3C(=O)OC1C3C2.CCC(C)(C)C(=O)OC1CC2CC1C1CCCC21.CCC(C)(C)C(=O)OC1CCOC1=O.CCC(C)C(=O)OC1(CC)CCCC1.CCC(C)C(=O)OC12CC3CC(CC(O)(C3)C1)C2.CCC(C)C(=O)OC12CC3CC(CC(O)(C3)C1)C2.CCC(C)c1ccc(O)cc1.CCC(C)c1ccc(OC2CCCCO2)cc1. The lowest BCUT2D eigenvalue weighted by Gasteiger charge is -2.59. The third-order valence-electron chi connectivity index (χ3n) is 39.9. The molecule has 2 aromatic carbocycles. The minimum atomic E-state index is -0.687. The largest absolute Gasteiger partial charge is 0.508 e. The lowest BCUT2D eigenvalue weighted by Crippen LogP contribution is -2.60. The van der Waals surface area contributed by atoms with Crippen molar-refractivity contribution in [3.63, 3.8) is 0 Å². The highest BCUT2D eigenvalue weighted by molar-refractivity contribution is 5.83. The number of carbonyl (C=O) groups is 9. The van der Waals surface area contributed by atoms with E-state index in [9.17, 15) is 53.4 Å². The van der Waals surface area contributed by atoms with Gasteiger partial charge in [-0.1, -0.05) is 135 Å². The molecule has 0 spiro atoms. The van der Waals surface area contributed by atoms with Gasteiger partial charge in [0.05, 0.1) is 69.7 Å². The van der Waals surface area contributed by atoms with Crippen LogP contribution in [0, 0.1) is 128 Å². The Kier molecular flexibility index (Phi) is 40.5. The number of aromatic hydroxyl groups is 1. The molecule has 23 rings (SSSR count). The summed E-state index contributed by atoms with van der Waals surface area (Å²) < 4.78 is 61.6. The van der Waals surface area contributed by atoms with Crippen LogP contribution >= 0.6 is 0 Å². The average Bonchev–Trinajstić information content (AvgIpc) is 1.54. The first-order valence-corrected chi connectivity index (χ1v) is 58.9. The van der Waals surface area contributed by atoms with Crippen molar-refractivity contribution in [3.8, 4) is 11.5 Å². The zero-order valence-corrected chi connectivity index (χ0v) is 95.2. The number of rotatable bonds is 28. The maximum absolute atomic E-state index is 12.5. The Labute approximate surface area is 883 Å². The monoisotopic (exact) mass is 2050 g/mol. The van der Waals surface area contributed by atoms with Crippen LogP contribution in [0.25, 0.3) is 0 Å². The van der Waals surface area contributed by atoms with Gasteiger partial charge in [0.1, 0.15) is 52.2 Å². The second-order valence-electron chi connectivity index (χ2n) is 52.4. The molecule has 21 fully saturated rings. The van der Waals surface area contributed by atoms with E-state index in [0.717, 1.165) is 190 Å². The van der Waals surface area contributed by atoms with E-state index in [4.69, 9.17) is 57.2 Å². The second kappa shape index (κ2) is 50.1. The molecule has 18 saturated carbocycles. The number of phenols is 1. The number of benzene rings is 2. The topological polar surface area (TPSA) is 316 Å². The van der Waals surface area contributed by atoms with Crippen LogP contribution in [0.2, 0.25) is 0 Å². The summed E-state index contributed by atoms with van der Waals surface area (Å²) in [6, 6.07) is 15.9. The number of fused-ring (bicyclic) bond motifs is 6. The van der Waals surface area contributed by atoms with Gasteiger partial charge in [0.25, 0.3) is 0 Å². The predicted molar refractivity (Wildman–Crippen MR) is 569 cm³/mol. The molecule has 21 unspecified atom stereocenters. The predicted octanol–water partition coefficient (Wildman–Crippen LogP) is 26.8. The zero-order chi connectivity index (χ0) is 107. The fourth-order valence-corrected chi connectivity index (χ4v) is 28.5. The Hall–Kier alpha value is -6.85. The van der Waals surface area contributed by atoms with Crippen molar-refractivity contribution >= 4 is 53.7 Å². The van der Waals surface area contributed by atoms with Crippen molar-refractivity contribution in [2.24, 2.45) is 128 Å².